The van der Waals surface area contributed by atoms with Crippen molar-refractivity contribution >= 4 is 23.3 Å². The lowest BCUT2D eigenvalue weighted by molar-refractivity contribution is -0.120. The largest absolute Gasteiger partial charge is 0.364 e. The fourth-order valence-corrected chi connectivity index (χ4v) is 3.00. The van der Waals surface area contributed by atoms with Crippen LogP contribution in [0.2, 0.25) is 0 Å². The lowest BCUT2D eigenvalue weighted by atomic mass is 10.0. The van der Waals surface area contributed by atoms with Crippen LogP contribution in [0.5, 0.6) is 0 Å². The highest BCUT2D eigenvalue weighted by Gasteiger charge is 2.17. The monoisotopic (exact) mass is 398 g/mol. The van der Waals surface area contributed by atoms with Crippen molar-refractivity contribution < 1.29 is 9.59 Å². The van der Waals surface area contributed by atoms with E-state index in [2.05, 4.69) is 25.9 Å². The zero-order valence-electron chi connectivity index (χ0n) is 17.5. The van der Waals surface area contributed by atoms with Gasteiger partial charge in [0.2, 0.25) is 5.91 Å². The number of carbonyl (C=O) groups excluding carboxylic acids is 2. The van der Waals surface area contributed by atoms with Crippen LogP contribution in [0.3, 0.4) is 0 Å². The number of nitrogens with one attached hydrogen (secondary N) is 3. The molecule has 0 aliphatic heterocycles. The summed E-state index contributed by atoms with van der Waals surface area (Å²) in [5, 5.41) is 8.91. The van der Waals surface area contributed by atoms with Crippen LogP contribution in [0, 0.1) is 0 Å². The summed E-state index contributed by atoms with van der Waals surface area (Å²) < 4.78 is 0. The number of carbonyl (C=O) groups is 2. The van der Waals surface area contributed by atoms with Crippen LogP contribution in [0.1, 0.15) is 54.1 Å². The number of benzene rings is 1. The zero-order chi connectivity index (χ0) is 21.4. The van der Waals surface area contributed by atoms with Crippen LogP contribution < -0.4 is 21.7 Å². The molecule has 2 rings (SSSR count). The van der Waals surface area contributed by atoms with E-state index in [-0.39, 0.29) is 24.1 Å². The number of aryl methyl sites for hydroxylation is 2. The number of nitrogens with two attached hydrogens (primary N) is 1. The highest BCUT2D eigenvalue weighted by Crippen LogP contribution is 2.23. The highest BCUT2D eigenvalue weighted by atomic mass is 16.2. The van der Waals surface area contributed by atoms with E-state index in [0.29, 0.717) is 25.2 Å². The van der Waals surface area contributed by atoms with Gasteiger partial charge in [0.1, 0.15) is 0 Å². The summed E-state index contributed by atoms with van der Waals surface area (Å²) in [6, 6.07) is 7.78. The third kappa shape index (κ3) is 5.99. The topological polar surface area (TPSA) is 122 Å². The van der Waals surface area contributed by atoms with E-state index in [4.69, 9.17) is 5.73 Å². The van der Waals surface area contributed by atoms with Crippen LogP contribution in [0.4, 0.5) is 11.5 Å². The third-order valence-electron chi connectivity index (χ3n) is 4.62. The number of rotatable bonds is 10. The minimum absolute atomic E-state index is 0.0434. The van der Waals surface area contributed by atoms with Crippen LogP contribution >= 0.6 is 0 Å². The standard InChI is InChI=1S/C21H30N6O2/c1-5-16-17(6-2)27-21(19(26-16)20(22)29)25-15-9-7-8-14(10-15)13(3)11-24-18(28)12-23-4/h7-10,13,23H,5-6,11-12H2,1-4H3,(H2,22,29)(H,24,28)(H,25,27). The van der Waals surface area contributed by atoms with Gasteiger partial charge in [0.15, 0.2) is 11.5 Å². The van der Waals surface area contributed by atoms with Crippen molar-refractivity contribution in [1.82, 2.24) is 20.6 Å². The van der Waals surface area contributed by atoms with Crippen molar-refractivity contribution in [3.63, 3.8) is 0 Å². The van der Waals surface area contributed by atoms with E-state index in [9.17, 15) is 9.59 Å². The van der Waals surface area contributed by atoms with Gasteiger partial charge >= 0.3 is 0 Å². The van der Waals surface area contributed by atoms with Gasteiger partial charge in [0.05, 0.1) is 17.9 Å². The summed E-state index contributed by atoms with van der Waals surface area (Å²) in [7, 11) is 1.73. The van der Waals surface area contributed by atoms with Gasteiger partial charge in [0, 0.05) is 12.2 Å². The highest BCUT2D eigenvalue weighted by molar-refractivity contribution is 5.96. The maximum atomic E-state index is 11.9. The molecule has 0 fully saturated rings. The van der Waals surface area contributed by atoms with E-state index in [1.54, 1.807) is 7.05 Å². The van der Waals surface area contributed by atoms with Gasteiger partial charge in [-0.15, -0.1) is 0 Å². The average molecular weight is 399 g/mol. The molecule has 8 nitrogen and oxygen atoms in total. The molecule has 2 amide bonds. The summed E-state index contributed by atoms with van der Waals surface area (Å²) in [6.45, 7) is 6.83. The number of likely N-dealkylation sites (N-methyl/N-ethyl adjacent to an activating group) is 1. The first kappa shape index (κ1) is 22.3. The van der Waals surface area contributed by atoms with Gasteiger partial charge in [-0.1, -0.05) is 32.9 Å². The molecule has 5 N–H and O–H groups in total. The first-order chi connectivity index (χ1) is 13.9. The molecule has 1 heterocycles. The lowest BCUT2D eigenvalue weighted by Gasteiger charge is -2.16. The smallest absolute Gasteiger partial charge is 0.271 e. The van der Waals surface area contributed by atoms with Crippen LogP contribution in [0.15, 0.2) is 24.3 Å². The SMILES string of the molecule is CCc1nc(Nc2cccc(C(C)CNC(=O)CNC)c2)c(C(N)=O)nc1CC. The average Bonchev–Trinajstić information content (AvgIpc) is 2.71. The Hall–Kier alpha value is -3.00. The summed E-state index contributed by atoms with van der Waals surface area (Å²) in [6.07, 6.45) is 1.40. The number of hydrogen-bond acceptors (Lipinski definition) is 6. The maximum absolute atomic E-state index is 11.9. The number of nitrogens with zero attached hydrogens (tertiary/aromatic N) is 2. The number of aromatic nitrogens is 2. The molecule has 1 aromatic carbocycles. The van der Waals surface area contributed by atoms with E-state index in [1.165, 1.54) is 0 Å². The van der Waals surface area contributed by atoms with Crippen molar-refractivity contribution in [1.29, 1.82) is 0 Å². The Morgan fingerprint density at radius 3 is 2.45 bits per heavy atom. The molecule has 1 unspecified atom stereocenters. The Morgan fingerprint density at radius 1 is 1.14 bits per heavy atom. The third-order valence-corrected chi connectivity index (χ3v) is 4.62. The first-order valence-electron chi connectivity index (χ1n) is 9.87. The molecular weight excluding hydrogens is 368 g/mol. The molecule has 0 saturated carbocycles. The Kier molecular flexibility index (Phi) is 8.09. The summed E-state index contributed by atoms with van der Waals surface area (Å²) in [5.41, 5.74) is 9.12. The van der Waals surface area contributed by atoms with E-state index in [0.717, 1.165) is 22.6 Å². The molecule has 0 bridgehead atoms. The van der Waals surface area contributed by atoms with Gasteiger partial charge in [-0.25, -0.2) is 9.97 Å². The van der Waals surface area contributed by atoms with Crippen LogP contribution in [-0.2, 0) is 17.6 Å². The van der Waals surface area contributed by atoms with Gasteiger partial charge in [-0.2, -0.15) is 0 Å². The molecular formula is C21H30N6O2. The molecule has 0 aliphatic rings. The first-order valence-corrected chi connectivity index (χ1v) is 9.87. The Bertz CT molecular complexity index is 868. The second-order valence-corrected chi connectivity index (χ2v) is 6.87. The second-order valence-electron chi connectivity index (χ2n) is 6.87. The van der Waals surface area contributed by atoms with Gasteiger partial charge < -0.3 is 21.7 Å². The second kappa shape index (κ2) is 10.5. The quantitative estimate of drug-likeness (QED) is 0.485. The molecule has 29 heavy (non-hydrogen) atoms. The molecule has 156 valence electrons. The van der Waals surface area contributed by atoms with Crippen molar-refractivity contribution in [2.75, 3.05) is 25.5 Å². The summed E-state index contributed by atoms with van der Waals surface area (Å²) in [5.74, 6) is -0.182. The molecule has 0 radical (unpaired) electrons. The van der Waals surface area contributed by atoms with Gasteiger partial charge in [-0.05, 0) is 43.5 Å². The molecule has 1 atom stereocenters. The van der Waals surface area contributed by atoms with Crippen molar-refractivity contribution in [2.24, 2.45) is 5.73 Å². The minimum Gasteiger partial charge on any atom is -0.364 e. The molecule has 0 aliphatic carbocycles. The fraction of sp³-hybridized carbons (Fsp3) is 0.429. The minimum atomic E-state index is -0.617. The molecule has 0 saturated heterocycles. The number of primary amides is 1. The van der Waals surface area contributed by atoms with Crippen molar-refractivity contribution in [3.05, 3.63) is 46.9 Å². The van der Waals surface area contributed by atoms with Gasteiger partial charge in [0.25, 0.3) is 5.91 Å². The lowest BCUT2D eigenvalue weighted by Crippen LogP contribution is -2.34. The van der Waals surface area contributed by atoms with Gasteiger partial charge in [-0.3, -0.25) is 9.59 Å². The van der Waals surface area contributed by atoms with Crippen LogP contribution in [0.25, 0.3) is 0 Å². The van der Waals surface area contributed by atoms with E-state index in [1.807, 2.05) is 45.0 Å². The van der Waals surface area contributed by atoms with Crippen molar-refractivity contribution in [3.8, 4) is 0 Å². The molecule has 2 aromatic rings. The summed E-state index contributed by atoms with van der Waals surface area (Å²) in [4.78, 5) is 32.6. The predicted octanol–water partition coefficient (Wildman–Crippen LogP) is 1.88. The Morgan fingerprint density at radius 2 is 1.83 bits per heavy atom. The predicted molar refractivity (Wildman–Crippen MR) is 114 cm³/mol. The summed E-state index contributed by atoms with van der Waals surface area (Å²) >= 11 is 0. The van der Waals surface area contributed by atoms with E-state index >= 15 is 0 Å². The molecule has 1 aromatic heterocycles. The maximum Gasteiger partial charge on any atom is 0.271 e. The molecule has 0 spiro atoms. The number of amides is 2. The number of hydrogen-bond donors (Lipinski definition) is 4. The fourth-order valence-electron chi connectivity index (χ4n) is 3.00. The van der Waals surface area contributed by atoms with Crippen LogP contribution in [-0.4, -0.2) is 41.9 Å². The Balaban J connectivity index is 2.23. The zero-order valence-corrected chi connectivity index (χ0v) is 17.5. The Labute approximate surface area is 171 Å². The molecule has 8 heteroatoms. The number of anilines is 2. The normalized spacial score (nSPS) is 11.7. The van der Waals surface area contributed by atoms with Crippen molar-refractivity contribution in [2.45, 2.75) is 39.5 Å². The van der Waals surface area contributed by atoms with E-state index < -0.39 is 5.91 Å².